The van der Waals surface area contributed by atoms with Crippen molar-refractivity contribution in [1.82, 2.24) is 0 Å². The summed E-state index contributed by atoms with van der Waals surface area (Å²) in [6.45, 7) is 0. The van der Waals surface area contributed by atoms with Gasteiger partial charge in [0.1, 0.15) is 0 Å². The van der Waals surface area contributed by atoms with Gasteiger partial charge in [0.05, 0.1) is 15.3 Å². The van der Waals surface area contributed by atoms with E-state index in [1.165, 1.54) is 11.3 Å². The monoisotopic (exact) mass is 397 g/mol. The standard InChI is InChI=1S/C21H16ClNO3S/c22-17-11-16(19(23)24)18(27-17)15-10-13(21(8-9-21)20(25)26)6-7-14(15)12-4-2-1-3-5-12/h1-7,10-11H,8-9H2,(H2,23,24)(H,25,26). The Bertz CT molecular complexity index is 1050. The second-order valence-corrected chi connectivity index (χ2v) is 8.35. The number of benzene rings is 2. The van der Waals surface area contributed by atoms with Crippen LogP contribution in [0.1, 0.15) is 28.8 Å². The lowest BCUT2D eigenvalue weighted by molar-refractivity contribution is -0.140. The zero-order valence-corrected chi connectivity index (χ0v) is 15.8. The Morgan fingerprint density at radius 2 is 1.74 bits per heavy atom. The molecule has 1 saturated carbocycles. The zero-order valence-electron chi connectivity index (χ0n) is 14.2. The van der Waals surface area contributed by atoms with Gasteiger partial charge in [-0.1, -0.05) is 54.1 Å². The lowest BCUT2D eigenvalue weighted by Gasteiger charge is -2.16. The predicted molar refractivity (Wildman–Crippen MR) is 107 cm³/mol. The molecule has 0 saturated heterocycles. The van der Waals surface area contributed by atoms with Gasteiger partial charge in [-0.2, -0.15) is 0 Å². The van der Waals surface area contributed by atoms with E-state index in [4.69, 9.17) is 17.3 Å². The fraction of sp³-hybridized carbons (Fsp3) is 0.143. The fourth-order valence-electron chi connectivity index (χ4n) is 3.39. The highest BCUT2D eigenvalue weighted by Gasteiger charge is 2.51. The second-order valence-electron chi connectivity index (χ2n) is 6.67. The summed E-state index contributed by atoms with van der Waals surface area (Å²) in [5.74, 6) is -1.38. The van der Waals surface area contributed by atoms with Crippen molar-refractivity contribution in [3.63, 3.8) is 0 Å². The molecule has 2 aromatic carbocycles. The molecule has 0 spiro atoms. The highest BCUT2D eigenvalue weighted by Crippen LogP contribution is 2.51. The Balaban J connectivity index is 1.97. The van der Waals surface area contributed by atoms with E-state index >= 15 is 0 Å². The first kappa shape index (κ1) is 17.8. The van der Waals surface area contributed by atoms with Gasteiger partial charge in [0.25, 0.3) is 0 Å². The van der Waals surface area contributed by atoms with Crippen LogP contribution in [-0.2, 0) is 10.2 Å². The van der Waals surface area contributed by atoms with Crippen LogP contribution in [0.2, 0.25) is 4.34 Å². The number of carbonyl (C=O) groups excluding carboxylic acids is 1. The Morgan fingerprint density at radius 3 is 2.33 bits per heavy atom. The number of rotatable bonds is 5. The van der Waals surface area contributed by atoms with Crippen molar-refractivity contribution in [1.29, 1.82) is 0 Å². The average Bonchev–Trinajstić information content (AvgIpc) is 3.38. The lowest BCUT2D eigenvalue weighted by atomic mass is 9.89. The van der Waals surface area contributed by atoms with Gasteiger partial charge in [0.15, 0.2) is 0 Å². The van der Waals surface area contributed by atoms with Gasteiger partial charge in [0, 0.05) is 10.4 Å². The Morgan fingerprint density at radius 1 is 1.04 bits per heavy atom. The van der Waals surface area contributed by atoms with E-state index in [-0.39, 0.29) is 0 Å². The summed E-state index contributed by atoms with van der Waals surface area (Å²) in [4.78, 5) is 24.4. The van der Waals surface area contributed by atoms with Crippen molar-refractivity contribution in [2.75, 3.05) is 0 Å². The molecule has 1 amide bonds. The molecule has 3 aromatic rings. The number of aliphatic carboxylic acids is 1. The molecule has 1 fully saturated rings. The topological polar surface area (TPSA) is 80.4 Å². The molecule has 0 radical (unpaired) electrons. The maximum Gasteiger partial charge on any atom is 0.314 e. The third kappa shape index (κ3) is 3.03. The summed E-state index contributed by atoms with van der Waals surface area (Å²) in [7, 11) is 0. The van der Waals surface area contributed by atoms with E-state index in [9.17, 15) is 14.7 Å². The smallest absolute Gasteiger partial charge is 0.314 e. The minimum absolute atomic E-state index is 0.347. The first-order chi connectivity index (χ1) is 12.9. The van der Waals surface area contributed by atoms with Crippen LogP contribution in [0, 0.1) is 0 Å². The molecule has 0 aliphatic heterocycles. The number of carboxylic acids is 1. The first-order valence-electron chi connectivity index (χ1n) is 8.45. The van der Waals surface area contributed by atoms with E-state index in [0.29, 0.717) is 27.6 Å². The van der Waals surface area contributed by atoms with Gasteiger partial charge in [-0.25, -0.2) is 0 Å². The van der Waals surface area contributed by atoms with Crippen LogP contribution in [-0.4, -0.2) is 17.0 Å². The molecule has 4 nitrogen and oxygen atoms in total. The van der Waals surface area contributed by atoms with E-state index in [1.807, 2.05) is 48.5 Å². The minimum Gasteiger partial charge on any atom is -0.481 e. The number of carbonyl (C=O) groups is 2. The molecule has 0 unspecified atom stereocenters. The molecule has 4 rings (SSSR count). The van der Waals surface area contributed by atoms with Crippen LogP contribution >= 0.6 is 22.9 Å². The number of nitrogens with two attached hydrogens (primary N) is 1. The fourth-order valence-corrected chi connectivity index (χ4v) is 4.65. The summed E-state index contributed by atoms with van der Waals surface area (Å²) in [5.41, 5.74) is 8.46. The molecule has 27 heavy (non-hydrogen) atoms. The van der Waals surface area contributed by atoms with Crippen LogP contribution in [0.25, 0.3) is 21.6 Å². The molecule has 6 heteroatoms. The number of hydrogen-bond acceptors (Lipinski definition) is 3. The second kappa shape index (κ2) is 6.51. The van der Waals surface area contributed by atoms with Gasteiger partial charge in [-0.3, -0.25) is 9.59 Å². The summed E-state index contributed by atoms with van der Waals surface area (Å²) >= 11 is 7.44. The first-order valence-corrected chi connectivity index (χ1v) is 9.65. The van der Waals surface area contributed by atoms with Gasteiger partial charge in [-0.05, 0) is 41.7 Å². The number of primary amides is 1. The summed E-state index contributed by atoms with van der Waals surface area (Å²) in [6, 6.07) is 17.0. The maximum absolute atomic E-state index is 11.9. The molecule has 0 atom stereocenters. The van der Waals surface area contributed by atoms with Gasteiger partial charge >= 0.3 is 5.97 Å². The number of carboxylic acid groups (broad SMARTS) is 1. The molecule has 1 aromatic heterocycles. The van der Waals surface area contributed by atoms with E-state index in [0.717, 1.165) is 22.3 Å². The van der Waals surface area contributed by atoms with Crippen LogP contribution in [0.15, 0.2) is 54.6 Å². The molecule has 136 valence electrons. The van der Waals surface area contributed by atoms with Crippen molar-refractivity contribution in [3.05, 3.63) is 70.1 Å². The van der Waals surface area contributed by atoms with Crippen LogP contribution in [0.5, 0.6) is 0 Å². The van der Waals surface area contributed by atoms with Crippen molar-refractivity contribution in [2.24, 2.45) is 5.73 Å². The molecular weight excluding hydrogens is 382 g/mol. The molecule has 1 heterocycles. The van der Waals surface area contributed by atoms with Crippen molar-refractivity contribution >= 4 is 34.8 Å². The van der Waals surface area contributed by atoms with E-state index in [1.54, 1.807) is 6.07 Å². The van der Waals surface area contributed by atoms with Gasteiger partial charge in [-0.15, -0.1) is 11.3 Å². The lowest BCUT2D eigenvalue weighted by Crippen LogP contribution is -2.19. The molecule has 3 N–H and O–H groups in total. The van der Waals surface area contributed by atoms with Crippen molar-refractivity contribution < 1.29 is 14.7 Å². The summed E-state index contributed by atoms with van der Waals surface area (Å²) in [5, 5.41) is 9.66. The number of hydrogen-bond donors (Lipinski definition) is 2. The highest BCUT2D eigenvalue weighted by atomic mass is 35.5. The summed E-state index contributed by atoms with van der Waals surface area (Å²) < 4.78 is 0.461. The van der Waals surface area contributed by atoms with E-state index in [2.05, 4.69) is 0 Å². The number of halogens is 1. The SMILES string of the molecule is NC(=O)c1cc(Cl)sc1-c1cc(C2(C(=O)O)CC2)ccc1-c1ccccc1. The number of thiophene rings is 1. The van der Waals surface area contributed by atoms with Crippen molar-refractivity contribution in [2.45, 2.75) is 18.3 Å². The van der Waals surface area contributed by atoms with Gasteiger partial charge in [0.2, 0.25) is 5.91 Å². The normalized spacial score (nSPS) is 14.7. The third-order valence-electron chi connectivity index (χ3n) is 5.03. The molecule has 1 aliphatic carbocycles. The average molecular weight is 398 g/mol. The van der Waals surface area contributed by atoms with Crippen LogP contribution in [0.3, 0.4) is 0 Å². The molecule has 0 bridgehead atoms. The molecule has 1 aliphatic rings. The Hall–Kier alpha value is -2.63. The van der Waals surface area contributed by atoms with Crippen LogP contribution in [0.4, 0.5) is 0 Å². The zero-order chi connectivity index (χ0) is 19.2. The van der Waals surface area contributed by atoms with E-state index < -0.39 is 17.3 Å². The third-order valence-corrected chi connectivity index (χ3v) is 6.33. The molecular formula is C21H16ClNO3S. The maximum atomic E-state index is 11.9. The van der Waals surface area contributed by atoms with Crippen molar-refractivity contribution in [3.8, 4) is 21.6 Å². The summed E-state index contributed by atoms with van der Waals surface area (Å²) in [6.07, 6.45) is 1.22. The largest absolute Gasteiger partial charge is 0.481 e. The Kier molecular flexibility index (Phi) is 4.29. The minimum atomic E-state index is -0.835. The Labute approximate surface area is 165 Å². The number of amides is 1. The van der Waals surface area contributed by atoms with Crippen LogP contribution < -0.4 is 5.73 Å². The van der Waals surface area contributed by atoms with Gasteiger partial charge < -0.3 is 10.8 Å². The highest BCUT2D eigenvalue weighted by molar-refractivity contribution is 7.19. The predicted octanol–water partition coefficient (Wildman–Crippen LogP) is 4.95. The quantitative estimate of drug-likeness (QED) is 0.639.